The number of anilines is 1. The van der Waals surface area contributed by atoms with Crippen LogP contribution in [0.25, 0.3) is 0 Å². The van der Waals surface area contributed by atoms with Gasteiger partial charge in [-0.2, -0.15) is 0 Å². The molecule has 23 heavy (non-hydrogen) atoms. The molecule has 3 N–H and O–H groups in total. The second-order valence-corrected chi connectivity index (χ2v) is 5.99. The van der Waals surface area contributed by atoms with Gasteiger partial charge in [-0.05, 0) is 51.2 Å². The molecule has 0 heterocycles. The molecule has 0 unspecified atom stereocenters. The van der Waals surface area contributed by atoms with Gasteiger partial charge in [0.05, 0.1) is 5.54 Å². The van der Waals surface area contributed by atoms with E-state index in [-0.39, 0.29) is 30.7 Å². The lowest BCUT2D eigenvalue weighted by molar-refractivity contribution is -0.121. The zero-order valence-corrected chi connectivity index (χ0v) is 15.3. The Balaban J connectivity index is 0.00000242. The summed E-state index contributed by atoms with van der Waals surface area (Å²) in [6.45, 7) is 1.51. The second kappa shape index (κ2) is 9.98. The molecule has 132 valence electrons. The van der Waals surface area contributed by atoms with Crippen LogP contribution in [0.2, 0.25) is 0 Å². The number of amides is 1. The van der Waals surface area contributed by atoms with Crippen molar-refractivity contribution in [1.82, 2.24) is 4.90 Å². The molecule has 1 aromatic rings. The number of likely N-dealkylation sites (N-methyl/N-ethyl adjacent to an activating group) is 1. The van der Waals surface area contributed by atoms with E-state index in [9.17, 15) is 4.79 Å². The van der Waals surface area contributed by atoms with E-state index >= 15 is 0 Å². The van der Waals surface area contributed by atoms with Crippen LogP contribution in [-0.4, -0.2) is 43.6 Å². The fraction of sp³-hybridized carbons (Fsp3) is 0.562. The number of halogens is 2. The Morgan fingerprint density at radius 2 is 1.78 bits per heavy atom. The number of hydrogen-bond donors (Lipinski definition) is 2. The molecule has 1 aliphatic carbocycles. The maximum atomic E-state index is 12.2. The number of nitrogens with one attached hydrogen (secondary N) is 1. The third-order valence-corrected chi connectivity index (χ3v) is 3.87. The minimum absolute atomic E-state index is 0. The highest BCUT2D eigenvalue weighted by atomic mass is 35.5. The normalized spacial score (nSPS) is 15.5. The van der Waals surface area contributed by atoms with Crippen molar-refractivity contribution in [3.8, 4) is 5.75 Å². The number of hydrogen-bond acceptors (Lipinski definition) is 4. The minimum atomic E-state index is -0.694. The fourth-order valence-electron chi connectivity index (χ4n) is 2.47. The van der Waals surface area contributed by atoms with Crippen molar-refractivity contribution in [2.45, 2.75) is 31.2 Å². The summed E-state index contributed by atoms with van der Waals surface area (Å²) in [4.78, 5) is 14.3. The molecule has 2 rings (SSSR count). The molecule has 0 radical (unpaired) electrons. The number of rotatable bonds is 6. The van der Waals surface area contributed by atoms with Crippen molar-refractivity contribution in [3.63, 3.8) is 0 Å². The zero-order valence-electron chi connectivity index (χ0n) is 13.7. The van der Waals surface area contributed by atoms with Gasteiger partial charge in [0.2, 0.25) is 5.91 Å². The summed E-state index contributed by atoms with van der Waals surface area (Å²) in [6.07, 6.45) is 3.60. The van der Waals surface area contributed by atoms with Gasteiger partial charge in [-0.1, -0.05) is 12.8 Å². The Morgan fingerprint density at radius 1 is 1.22 bits per heavy atom. The quantitative estimate of drug-likeness (QED) is 0.815. The van der Waals surface area contributed by atoms with E-state index in [0.29, 0.717) is 6.61 Å². The summed E-state index contributed by atoms with van der Waals surface area (Å²) >= 11 is 0. The molecule has 5 nitrogen and oxygen atoms in total. The molecule has 1 aliphatic rings. The predicted octanol–water partition coefficient (Wildman–Crippen LogP) is 2.68. The van der Waals surface area contributed by atoms with Crippen LogP contribution in [0.3, 0.4) is 0 Å². The number of benzene rings is 1. The maximum Gasteiger partial charge on any atom is 0.244 e. The third kappa shape index (κ3) is 6.55. The van der Waals surface area contributed by atoms with Gasteiger partial charge < -0.3 is 20.7 Å². The molecule has 1 fully saturated rings. The van der Waals surface area contributed by atoms with Gasteiger partial charge >= 0.3 is 0 Å². The standard InChI is InChI=1S/C16H25N3O2.2ClH/c1-19(2)11-12-21-14-7-5-13(6-8-14)18-15(20)16(17)9-3-4-10-16;;/h5-8H,3-4,9-12,17H2,1-2H3,(H,18,20);2*1H. The first kappa shape index (κ1) is 22.0. The molecular formula is C16H27Cl2N3O2. The van der Waals surface area contributed by atoms with E-state index < -0.39 is 5.54 Å². The Labute approximate surface area is 150 Å². The Kier molecular flexibility index (Phi) is 9.54. The SMILES string of the molecule is CN(C)CCOc1ccc(NC(=O)C2(N)CCCC2)cc1.Cl.Cl. The van der Waals surface area contributed by atoms with E-state index in [2.05, 4.69) is 10.2 Å². The van der Waals surface area contributed by atoms with E-state index in [1.165, 1.54) is 0 Å². The summed E-state index contributed by atoms with van der Waals surface area (Å²) in [5.41, 5.74) is 6.20. The third-order valence-electron chi connectivity index (χ3n) is 3.87. The maximum absolute atomic E-state index is 12.2. The minimum Gasteiger partial charge on any atom is -0.492 e. The van der Waals surface area contributed by atoms with Gasteiger partial charge in [-0.3, -0.25) is 4.79 Å². The van der Waals surface area contributed by atoms with Gasteiger partial charge in [0.1, 0.15) is 12.4 Å². The van der Waals surface area contributed by atoms with Gasteiger partial charge in [0, 0.05) is 12.2 Å². The topological polar surface area (TPSA) is 67.6 Å². The molecule has 0 saturated heterocycles. The van der Waals surface area contributed by atoms with Crippen LogP contribution in [0.1, 0.15) is 25.7 Å². The van der Waals surface area contributed by atoms with Crippen molar-refractivity contribution in [3.05, 3.63) is 24.3 Å². The fourth-order valence-corrected chi connectivity index (χ4v) is 2.47. The number of carbonyl (C=O) groups is 1. The second-order valence-electron chi connectivity index (χ2n) is 5.99. The van der Waals surface area contributed by atoms with Crippen LogP contribution >= 0.6 is 24.8 Å². The first-order valence-electron chi connectivity index (χ1n) is 7.47. The largest absolute Gasteiger partial charge is 0.492 e. The van der Waals surface area contributed by atoms with Crippen LogP contribution in [0.15, 0.2) is 24.3 Å². The summed E-state index contributed by atoms with van der Waals surface area (Å²) in [5, 5.41) is 2.90. The number of nitrogens with two attached hydrogens (primary N) is 1. The van der Waals surface area contributed by atoms with E-state index in [4.69, 9.17) is 10.5 Å². The summed E-state index contributed by atoms with van der Waals surface area (Å²) in [7, 11) is 4.02. The molecular weight excluding hydrogens is 337 g/mol. The van der Waals surface area contributed by atoms with Gasteiger partial charge in [-0.15, -0.1) is 24.8 Å². The predicted molar refractivity (Wildman–Crippen MR) is 99.0 cm³/mol. The molecule has 1 amide bonds. The van der Waals surface area contributed by atoms with Crippen LogP contribution in [0.5, 0.6) is 5.75 Å². The first-order valence-corrected chi connectivity index (χ1v) is 7.47. The summed E-state index contributed by atoms with van der Waals surface area (Å²) in [6, 6.07) is 7.43. The summed E-state index contributed by atoms with van der Waals surface area (Å²) in [5.74, 6) is 0.722. The van der Waals surface area contributed by atoms with Crippen LogP contribution < -0.4 is 15.8 Å². The molecule has 0 aliphatic heterocycles. The molecule has 0 bridgehead atoms. The highest BCUT2D eigenvalue weighted by Crippen LogP contribution is 2.28. The van der Waals surface area contributed by atoms with E-state index in [1.807, 2.05) is 38.4 Å². The smallest absolute Gasteiger partial charge is 0.244 e. The lowest BCUT2D eigenvalue weighted by Crippen LogP contribution is -2.48. The van der Waals surface area contributed by atoms with Gasteiger partial charge in [-0.25, -0.2) is 0 Å². The highest BCUT2D eigenvalue weighted by molar-refractivity contribution is 5.98. The Bertz CT molecular complexity index is 475. The monoisotopic (exact) mass is 363 g/mol. The van der Waals surface area contributed by atoms with Crippen molar-refractivity contribution < 1.29 is 9.53 Å². The van der Waals surface area contributed by atoms with Crippen LogP contribution in [0.4, 0.5) is 5.69 Å². The van der Waals surface area contributed by atoms with Gasteiger partial charge in [0.15, 0.2) is 0 Å². The molecule has 0 atom stereocenters. The Morgan fingerprint density at radius 3 is 2.30 bits per heavy atom. The molecule has 1 aromatic carbocycles. The average Bonchev–Trinajstić information content (AvgIpc) is 2.89. The van der Waals surface area contributed by atoms with Crippen molar-refractivity contribution in [2.75, 3.05) is 32.6 Å². The number of carbonyl (C=O) groups excluding carboxylic acids is 1. The van der Waals surface area contributed by atoms with Crippen molar-refractivity contribution in [2.24, 2.45) is 5.73 Å². The van der Waals surface area contributed by atoms with Crippen LogP contribution in [0, 0.1) is 0 Å². The molecule has 1 saturated carbocycles. The van der Waals surface area contributed by atoms with Gasteiger partial charge in [0.25, 0.3) is 0 Å². The first-order chi connectivity index (χ1) is 9.99. The molecule has 0 aromatic heterocycles. The summed E-state index contributed by atoms with van der Waals surface area (Å²) < 4.78 is 5.62. The molecule has 7 heteroatoms. The number of ether oxygens (including phenoxy) is 1. The number of nitrogens with zero attached hydrogens (tertiary/aromatic N) is 1. The average molecular weight is 364 g/mol. The van der Waals surface area contributed by atoms with Crippen molar-refractivity contribution >= 4 is 36.4 Å². The highest BCUT2D eigenvalue weighted by Gasteiger charge is 2.36. The lowest BCUT2D eigenvalue weighted by Gasteiger charge is -2.22. The van der Waals surface area contributed by atoms with E-state index in [1.54, 1.807) is 0 Å². The van der Waals surface area contributed by atoms with Crippen LogP contribution in [-0.2, 0) is 4.79 Å². The Hall–Kier alpha value is -1.01. The molecule has 0 spiro atoms. The zero-order chi connectivity index (χ0) is 15.3. The van der Waals surface area contributed by atoms with E-state index in [0.717, 1.165) is 43.7 Å². The van der Waals surface area contributed by atoms with Crippen molar-refractivity contribution in [1.29, 1.82) is 0 Å². The lowest BCUT2D eigenvalue weighted by atomic mass is 9.98.